The van der Waals surface area contributed by atoms with Gasteiger partial charge in [0.2, 0.25) is 5.91 Å². The van der Waals surface area contributed by atoms with Crippen molar-refractivity contribution in [2.24, 2.45) is 23.0 Å². The molecule has 23 heavy (non-hydrogen) atoms. The third kappa shape index (κ3) is 2.20. The van der Waals surface area contributed by atoms with Gasteiger partial charge >= 0.3 is 0 Å². The summed E-state index contributed by atoms with van der Waals surface area (Å²) in [4.78, 5) is 15.1. The van der Waals surface area contributed by atoms with Gasteiger partial charge in [-0.3, -0.25) is 4.79 Å². The van der Waals surface area contributed by atoms with Gasteiger partial charge in [-0.05, 0) is 19.8 Å². The van der Waals surface area contributed by atoms with E-state index in [1.807, 2.05) is 11.8 Å². The van der Waals surface area contributed by atoms with Gasteiger partial charge < -0.3 is 20.1 Å². The summed E-state index contributed by atoms with van der Waals surface area (Å²) < 4.78 is 11.7. The van der Waals surface area contributed by atoms with Crippen LogP contribution in [0.25, 0.3) is 0 Å². The summed E-state index contributed by atoms with van der Waals surface area (Å²) in [5, 5.41) is 0. The van der Waals surface area contributed by atoms with Crippen molar-refractivity contribution < 1.29 is 14.3 Å². The van der Waals surface area contributed by atoms with E-state index in [-0.39, 0.29) is 29.8 Å². The van der Waals surface area contributed by atoms with E-state index in [9.17, 15) is 4.79 Å². The van der Waals surface area contributed by atoms with Gasteiger partial charge in [-0.2, -0.15) is 0 Å². The molecule has 0 spiro atoms. The molecule has 0 aromatic carbocycles. The average Bonchev–Trinajstić information content (AvgIpc) is 3.18. The Morgan fingerprint density at radius 2 is 1.83 bits per heavy atom. The Hall–Kier alpha value is -0.360. The zero-order chi connectivity index (χ0) is 15.7. The number of nitrogens with two attached hydrogens (primary N) is 1. The van der Waals surface area contributed by atoms with Crippen LogP contribution in [0.3, 0.4) is 0 Å². The quantitative estimate of drug-likeness (QED) is 0.844. The minimum atomic E-state index is -0.772. The molecule has 5 nitrogen and oxygen atoms in total. The average molecular weight is 345 g/mol. The molecule has 3 saturated heterocycles. The zero-order valence-electron chi connectivity index (χ0n) is 14.3. The summed E-state index contributed by atoms with van der Waals surface area (Å²) in [5.74, 6) is 1.21. The molecule has 4 rings (SSSR count). The Morgan fingerprint density at radius 1 is 1.26 bits per heavy atom. The van der Waals surface area contributed by atoms with Crippen LogP contribution in [0, 0.1) is 17.3 Å². The van der Waals surface area contributed by atoms with Crippen LogP contribution in [0.1, 0.15) is 40.0 Å². The van der Waals surface area contributed by atoms with Crippen LogP contribution < -0.4 is 5.73 Å². The minimum absolute atomic E-state index is 0. The number of fused-ring (bicyclic) bond motifs is 5. The molecule has 1 aliphatic carbocycles. The maximum absolute atomic E-state index is 13.1. The lowest BCUT2D eigenvalue weighted by atomic mass is 9.54. The van der Waals surface area contributed by atoms with Gasteiger partial charge in [0.15, 0.2) is 0 Å². The van der Waals surface area contributed by atoms with Gasteiger partial charge in [0.25, 0.3) is 0 Å². The van der Waals surface area contributed by atoms with Crippen molar-refractivity contribution in [2.75, 3.05) is 19.7 Å². The van der Waals surface area contributed by atoms with Crippen molar-refractivity contribution in [3.8, 4) is 0 Å². The number of carbonyl (C=O) groups is 1. The summed E-state index contributed by atoms with van der Waals surface area (Å²) in [6.07, 6.45) is 3.83. The molecule has 1 saturated carbocycles. The van der Waals surface area contributed by atoms with Gasteiger partial charge in [-0.15, -0.1) is 12.4 Å². The number of hydrogen-bond acceptors (Lipinski definition) is 4. The van der Waals surface area contributed by atoms with Crippen molar-refractivity contribution in [1.29, 1.82) is 0 Å². The largest absolute Gasteiger partial charge is 0.378 e. The van der Waals surface area contributed by atoms with E-state index < -0.39 is 5.54 Å². The Labute approximate surface area is 144 Å². The number of carbonyl (C=O) groups excluding carboxylic acids is 1. The Morgan fingerprint density at radius 3 is 2.30 bits per heavy atom. The van der Waals surface area contributed by atoms with Crippen LogP contribution in [0.2, 0.25) is 0 Å². The second-order valence-corrected chi connectivity index (χ2v) is 8.17. The molecule has 6 heteroatoms. The first kappa shape index (κ1) is 17.5. The number of rotatable bonds is 3. The summed E-state index contributed by atoms with van der Waals surface area (Å²) in [5.41, 5.74) is 5.49. The molecule has 0 radical (unpaired) electrons. The first-order chi connectivity index (χ1) is 10.4. The fourth-order valence-corrected chi connectivity index (χ4v) is 5.21. The summed E-state index contributed by atoms with van der Waals surface area (Å²) >= 11 is 0. The Bertz CT molecular complexity index is 482. The fraction of sp³-hybridized carbons (Fsp3) is 0.941. The van der Waals surface area contributed by atoms with Gasteiger partial charge in [-0.25, -0.2) is 0 Å². The first-order valence-electron chi connectivity index (χ1n) is 8.74. The van der Waals surface area contributed by atoms with E-state index in [1.54, 1.807) is 0 Å². The number of likely N-dealkylation sites (tertiary alicyclic amines) is 1. The van der Waals surface area contributed by atoms with E-state index >= 15 is 0 Å². The first-order valence-corrected chi connectivity index (χ1v) is 8.74. The molecule has 4 fully saturated rings. The van der Waals surface area contributed by atoms with E-state index in [4.69, 9.17) is 15.2 Å². The highest BCUT2D eigenvalue weighted by Gasteiger charge is 2.65. The Kier molecular flexibility index (Phi) is 4.24. The normalized spacial score (nSPS) is 46.3. The van der Waals surface area contributed by atoms with E-state index in [2.05, 4.69) is 13.8 Å². The van der Waals surface area contributed by atoms with Crippen LogP contribution in [-0.4, -0.2) is 54.4 Å². The fourth-order valence-electron chi connectivity index (χ4n) is 5.21. The molecule has 2 bridgehead atoms. The lowest BCUT2D eigenvalue weighted by Crippen LogP contribution is -2.76. The second-order valence-electron chi connectivity index (χ2n) is 8.17. The number of halogens is 1. The van der Waals surface area contributed by atoms with Crippen LogP contribution in [0.5, 0.6) is 0 Å². The predicted octanol–water partition coefficient (Wildman–Crippen LogP) is 1.58. The number of amides is 1. The monoisotopic (exact) mass is 344 g/mol. The molecule has 0 aromatic rings. The molecule has 2 N–H and O–H groups in total. The zero-order valence-corrected chi connectivity index (χ0v) is 15.1. The highest BCUT2D eigenvalue weighted by atomic mass is 35.5. The van der Waals surface area contributed by atoms with Gasteiger partial charge in [0, 0.05) is 43.4 Å². The van der Waals surface area contributed by atoms with Crippen molar-refractivity contribution in [3.63, 3.8) is 0 Å². The van der Waals surface area contributed by atoms with E-state index in [1.165, 1.54) is 12.8 Å². The lowest BCUT2D eigenvalue weighted by molar-refractivity contribution is -0.179. The SMILES string of the molecule is CCOC1CC(N)(C(=O)N2CC3C4CCC(O4)C3C2)C1(C)C.Cl. The standard InChI is InChI=1S/C17H28N2O3.ClH/c1-4-21-14-7-17(18,16(14,2)3)15(20)19-8-10-11(9-19)13-6-5-12(10)22-13;/h10-14H,4-9,18H2,1-3H3;1H. The summed E-state index contributed by atoms with van der Waals surface area (Å²) in [6, 6.07) is 0. The highest BCUT2D eigenvalue weighted by molar-refractivity contribution is 5.89. The van der Waals surface area contributed by atoms with Crippen LogP contribution in [0.15, 0.2) is 0 Å². The third-order valence-corrected chi connectivity index (χ3v) is 6.95. The van der Waals surface area contributed by atoms with Crippen molar-refractivity contribution in [3.05, 3.63) is 0 Å². The van der Waals surface area contributed by atoms with Crippen molar-refractivity contribution >= 4 is 18.3 Å². The van der Waals surface area contributed by atoms with Crippen molar-refractivity contribution in [2.45, 2.75) is 63.9 Å². The molecule has 6 unspecified atom stereocenters. The molecule has 0 aromatic heterocycles. The molecule has 132 valence electrons. The van der Waals surface area contributed by atoms with Crippen LogP contribution >= 0.6 is 12.4 Å². The maximum atomic E-state index is 13.1. The molecule has 3 aliphatic heterocycles. The molecule has 3 heterocycles. The topological polar surface area (TPSA) is 64.8 Å². The highest BCUT2D eigenvalue weighted by Crippen LogP contribution is 2.52. The van der Waals surface area contributed by atoms with Gasteiger partial charge in [-0.1, -0.05) is 13.8 Å². The summed E-state index contributed by atoms with van der Waals surface area (Å²) in [7, 11) is 0. The van der Waals surface area contributed by atoms with E-state index in [0.717, 1.165) is 13.1 Å². The van der Waals surface area contributed by atoms with Crippen molar-refractivity contribution in [1.82, 2.24) is 4.90 Å². The number of nitrogens with zero attached hydrogens (tertiary/aromatic N) is 1. The summed E-state index contributed by atoms with van der Waals surface area (Å²) in [6.45, 7) is 8.47. The minimum Gasteiger partial charge on any atom is -0.378 e. The molecule has 4 aliphatic rings. The van der Waals surface area contributed by atoms with Crippen LogP contribution in [-0.2, 0) is 14.3 Å². The van der Waals surface area contributed by atoms with E-state index in [0.29, 0.717) is 37.1 Å². The molecule has 6 atom stereocenters. The second kappa shape index (κ2) is 5.58. The van der Waals surface area contributed by atoms with Gasteiger partial charge in [0.1, 0.15) is 5.54 Å². The molecular formula is C17H29ClN2O3. The Balaban J connectivity index is 0.00000156. The number of ether oxygens (including phenoxy) is 2. The van der Waals surface area contributed by atoms with Gasteiger partial charge in [0.05, 0.1) is 18.3 Å². The maximum Gasteiger partial charge on any atom is 0.243 e. The molecular weight excluding hydrogens is 316 g/mol. The lowest BCUT2D eigenvalue weighted by Gasteiger charge is -2.58. The number of hydrogen-bond donors (Lipinski definition) is 1. The smallest absolute Gasteiger partial charge is 0.243 e. The van der Waals surface area contributed by atoms with Crippen LogP contribution in [0.4, 0.5) is 0 Å². The predicted molar refractivity (Wildman–Crippen MR) is 89.4 cm³/mol. The third-order valence-electron chi connectivity index (χ3n) is 6.95. The molecule has 1 amide bonds.